The Kier molecular flexibility index (Phi) is 64.9. The predicted molar refractivity (Wildman–Crippen MR) is 340 cm³/mol. The molecule has 0 rings (SSSR count). The van der Waals surface area contributed by atoms with Gasteiger partial charge in [-0.05, 0) is 38.5 Å². The molecule has 0 aromatic rings. The molecular weight excluding hydrogens is 1000 g/mol. The Morgan fingerprint density at radius 3 is 0.899 bits per heavy atom. The third kappa shape index (κ3) is 65.8. The highest BCUT2D eigenvalue weighted by Crippen LogP contribution is 2.43. The molecule has 2 atom stereocenters. The summed E-state index contributed by atoms with van der Waals surface area (Å²) in [6.45, 7) is 3.83. The largest absolute Gasteiger partial charge is 0.472 e. The van der Waals surface area contributed by atoms with Gasteiger partial charge >= 0.3 is 19.8 Å². The Bertz CT molecular complexity index is 1300. The number of hydrogen-bond donors (Lipinski definition) is 2. The molecule has 0 amide bonds. The summed E-state index contributed by atoms with van der Waals surface area (Å²) in [6.07, 6.45) is 78.9. The molecule has 0 aliphatic carbocycles. The molecule has 10 heteroatoms. The highest BCUT2D eigenvalue weighted by molar-refractivity contribution is 7.47. The summed E-state index contributed by atoms with van der Waals surface area (Å²) in [5, 5.41) is 0. The molecule has 79 heavy (non-hydrogen) atoms. The molecule has 2 unspecified atom stereocenters. The number of phosphoric ester groups is 1. The molecular formula is C69H136NO8P. The van der Waals surface area contributed by atoms with Crippen molar-refractivity contribution >= 4 is 19.8 Å². The van der Waals surface area contributed by atoms with Gasteiger partial charge in [0.2, 0.25) is 0 Å². The van der Waals surface area contributed by atoms with Crippen LogP contribution in [0.5, 0.6) is 0 Å². The van der Waals surface area contributed by atoms with E-state index in [0.29, 0.717) is 6.42 Å². The fraction of sp³-hybridized carbons (Fsp3) is 0.942. The zero-order chi connectivity index (χ0) is 57.3. The number of hydrogen-bond acceptors (Lipinski definition) is 8. The van der Waals surface area contributed by atoms with Crippen molar-refractivity contribution in [1.82, 2.24) is 0 Å². The van der Waals surface area contributed by atoms with Gasteiger partial charge in [0.25, 0.3) is 0 Å². The van der Waals surface area contributed by atoms with Crippen molar-refractivity contribution < 1.29 is 37.6 Å². The number of rotatable bonds is 68. The zero-order valence-electron chi connectivity index (χ0n) is 52.9. The quantitative estimate of drug-likeness (QED) is 0.0264. The van der Waals surface area contributed by atoms with E-state index in [-0.39, 0.29) is 38.6 Å². The van der Waals surface area contributed by atoms with E-state index >= 15 is 0 Å². The van der Waals surface area contributed by atoms with Gasteiger partial charge in [-0.3, -0.25) is 18.6 Å². The van der Waals surface area contributed by atoms with Crippen LogP contribution in [0.25, 0.3) is 0 Å². The van der Waals surface area contributed by atoms with Gasteiger partial charge in [0.05, 0.1) is 13.2 Å². The minimum atomic E-state index is -4.39. The molecule has 0 saturated carbocycles. The van der Waals surface area contributed by atoms with Crippen molar-refractivity contribution in [3.63, 3.8) is 0 Å². The van der Waals surface area contributed by atoms with Gasteiger partial charge in [-0.2, -0.15) is 0 Å². The molecule has 0 bridgehead atoms. The van der Waals surface area contributed by atoms with Crippen LogP contribution in [0, 0.1) is 0 Å². The van der Waals surface area contributed by atoms with E-state index in [9.17, 15) is 19.0 Å². The Labute approximate surface area is 491 Å². The van der Waals surface area contributed by atoms with Crippen molar-refractivity contribution in [1.29, 1.82) is 0 Å². The van der Waals surface area contributed by atoms with E-state index < -0.39 is 26.5 Å². The number of carbonyl (C=O) groups excluding carboxylic acids is 2. The van der Waals surface area contributed by atoms with E-state index in [1.165, 1.54) is 321 Å². The predicted octanol–water partition coefficient (Wildman–Crippen LogP) is 22.8. The lowest BCUT2D eigenvalue weighted by molar-refractivity contribution is -0.161. The molecule has 0 aromatic heterocycles. The first kappa shape index (κ1) is 77.8. The molecule has 470 valence electrons. The number of esters is 2. The summed E-state index contributed by atoms with van der Waals surface area (Å²) in [7, 11) is -4.39. The lowest BCUT2D eigenvalue weighted by Crippen LogP contribution is -2.29. The molecule has 3 N–H and O–H groups in total. The standard InChI is InChI=1S/C69H136NO8P/c1-3-5-7-9-11-13-15-17-19-21-23-25-27-29-30-31-32-33-34-35-36-38-39-41-43-45-47-49-51-53-55-57-59-61-68(71)75-65-67(66-77-79(73,74)76-64-63-70)78-69(72)62-60-58-56-54-52-50-48-46-44-42-40-37-28-26-24-22-20-18-16-14-12-10-8-6-4-2/h22,24,67H,3-21,23,25-66,70H2,1-2H3,(H,73,74)/b24-22-. The van der Waals surface area contributed by atoms with Crippen molar-refractivity contribution in [2.24, 2.45) is 5.73 Å². The van der Waals surface area contributed by atoms with Crippen molar-refractivity contribution in [3.8, 4) is 0 Å². The number of nitrogens with two attached hydrogens (primary N) is 1. The summed E-state index contributed by atoms with van der Waals surface area (Å²) in [4.78, 5) is 35.3. The fourth-order valence-electron chi connectivity index (χ4n) is 10.9. The average molecular weight is 1140 g/mol. The second kappa shape index (κ2) is 65.9. The highest BCUT2D eigenvalue weighted by atomic mass is 31.2. The van der Waals surface area contributed by atoms with Gasteiger partial charge in [-0.25, -0.2) is 4.57 Å². The van der Waals surface area contributed by atoms with Crippen LogP contribution in [0.3, 0.4) is 0 Å². The first-order valence-corrected chi connectivity index (χ1v) is 36.7. The Balaban J connectivity index is 3.79. The molecule has 0 aliphatic rings. The van der Waals surface area contributed by atoms with Crippen LogP contribution >= 0.6 is 7.82 Å². The van der Waals surface area contributed by atoms with Crippen LogP contribution in [0.4, 0.5) is 0 Å². The van der Waals surface area contributed by atoms with E-state index in [0.717, 1.165) is 32.1 Å². The average Bonchev–Trinajstić information content (AvgIpc) is 3.44. The fourth-order valence-corrected chi connectivity index (χ4v) is 11.7. The first-order valence-electron chi connectivity index (χ1n) is 35.2. The number of phosphoric acid groups is 1. The summed E-state index contributed by atoms with van der Waals surface area (Å²) in [5.74, 6) is -0.802. The zero-order valence-corrected chi connectivity index (χ0v) is 53.8. The van der Waals surface area contributed by atoms with Gasteiger partial charge in [0.15, 0.2) is 6.10 Å². The molecule has 0 aromatic carbocycles. The van der Waals surface area contributed by atoms with E-state index in [1.807, 2.05) is 0 Å². The summed E-state index contributed by atoms with van der Waals surface area (Å²) in [6, 6.07) is 0. The SMILES string of the molecule is CCCCCCCCCC/C=C\CCCCCCCCCCCCCCCC(=O)OC(COC(=O)CCCCCCCCCCCCCCCCCCCCCCCCCCCCCCCCCCC)COP(=O)(O)OCCN. The molecule has 0 heterocycles. The smallest absolute Gasteiger partial charge is 0.462 e. The van der Waals surface area contributed by atoms with Gasteiger partial charge in [-0.15, -0.1) is 0 Å². The number of allylic oxidation sites excluding steroid dienone is 2. The second-order valence-electron chi connectivity index (χ2n) is 24.1. The molecule has 0 radical (unpaired) electrons. The van der Waals surface area contributed by atoms with Gasteiger partial charge < -0.3 is 20.1 Å². The Morgan fingerprint density at radius 2 is 0.620 bits per heavy atom. The van der Waals surface area contributed by atoms with Crippen molar-refractivity contribution in [2.75, 3.05) is 26.4 Å². The van der Waals surface area contributed by atoms with Crippen molar-refractivity contribution in [2.45, 2.75) is 392 Å². The maximum atomic E-state index is 12.7. The minimum Gasteiger partial charge on any atom is -0.462 e. The number of ether oxygens (including phenoxy) is 2. The van der Waals surface area contributed by atoms with Crippen LogP contribution in [-0.4, -0.2) is 49.3 Å². The van der Waals surface area contributed by atoms with Crippen LogP contribution in [0.2, 0.25) is 0 Å². The first-order chi connectivity index (χ1) is 38.8. The minimum absolute atomic E-state index is 0.0573. The van der Waals surface area contributed by atoms with Crippen molar-refractivity contribution in [3.05, 3.63) is 12.2 Å². The Morgan fingerprint density at radius 1 is 0.367 bits per heavy atom. The second-order valence-corrected chi connectivity index (χ2v) is 25.6. The third-order valence-corrected chi connectivity index (χ3v) is 17.1. The van der Waals surface area contributed by atoms with Crippen LogP contribution < -0.4 is 5.73 Å². The summed E-state index contributed by atoms with van der Waals surface area (Å²) >= 11 is 0. The molecule has 9 nitrogen and oxygen atoms in total. The van der Waals surface area contributed by atoms with Gasteiger partial charge in [-0.1, -0.05) is 347 Å². The lowest BCUT2D eigenvalue weighted by Gasteiger charge is -2.19. The monoisotopic (exact) mass is 1140 g/mol. The Hall–Kier alpha value is -1.25. The van der Waals surface area contributed by atoms with E-state index in [2.05, 4.69) is 26.0 Å². The summed E-state index contributed by atoms with van der Waals surface area (Å²) < 4.78 is 33.2. The molecule has 0 spiro atoms. The maximum absolute atomic E-state index is 12.7. The number of carbonyl (C=O) groups is 2. The molecule has 0 saturated heterocycles. The van der Waals surface area contributed by atoms with Crippen LogP contribution in [-0.2, 0) is 32.7 Å². The summed E-state index contributed by atoms with van der Waals surface area (Å²) in [5.41, 5.74) is 5.40. The van der Waals surface area contributed by atoms with Gasteiger partial charge in [0, 0.05) is 19.4 Å². The molecule has 0 fully saturated rings. The van der Waals surface area contributed by atoms with Crippen LogP contribution in [0.15, 0.2) is 12.2 Å². The lowest BCUT2D eigenvalue weighted by atomic mass is 10.0. The van der Waals surface area contributed by atoms with Gasteiger partial charge in [0.1, 0.15) is 6.61 Å². The third-order valence-electron chi connectivity index (χ3n) is 16.2. The van der Waals surface area contributed by atoms with E-state index in [1.54, 1.807) is 0 Å². The maximum Gasteiger partial charge on any atom is 0.472 e. The topological polar surface area (TPSA) is 134 Å². The van der Waals surface area contributed by atoms with E-state index in [4.69, 9.17) is 24.3 Å². The highest BCUT2D eigenvalue weighted by Gasteiger charge is 2.26. The number of unbranched alkanes of at least 4 members (excludes halogenated alkanes) is 53. The molecule has 0 aliphatic heterocycles. The van der Waals surface area contributed by atoms with Crippen LogP contribution in [0.1, 0.15) is 386 Å². The normalized spacial score (nSPS) is 12.9.